The summed E-state index contributed by atoms with van der Waals surface area (Å²) in [6.45, 7) is 2.92. The Morgan fingerprint density at radius 1 is 0.903 bits per heavy atom. The minimum atomic E-state index is -0.130. The molecule has 1 atom stereocenters. The number of rotatable bonds is 4. The van der Waals surface area contributed by atoms with Gasteiger partial charge in [-0.1, -0.05) is 72.3 Å². The molecule has 2 heterocycles. The number of carbonyl (C=O) groups excluding carboxylic acids is 1. The first kappa shape index (κ1) is 20.1. The molecule has 31 heavy (non-hydrogen) atoms. The van der Waals surface area contributed by atoms with E-state index in [-0.39, 0.29) is 18.1 Å². The van der Waals surface area contributed by atoms with E-state index < -0.39 is 0 Å². The predicted octanol–water partition coefficient (Wildman–Crippen LogP) is 5.94. The smallest absolute Gasteiger partial charge is 0.310 e. The van der Waals surface area contributed by atoms with E-state index in [0.29, 0.717) is 5.02 Å². The number of likely N-dealkylation sites (tertiary alicyclic amines) is 1. The van der Waals surface area contributed by atoms with Gasteiger partial charge in [-0.05, 0) is 42.2 Å². The average molecular weight is 432 g/mol. The zero-order valence-corrected chi connectivity index (χ0v) is 18.1. The summed E-state index contributed by atoms with van der Waals surface area (Å²) < 4.78 is 0. The number of nitrogens with one attached hydrogen (secondary N) is 1. The molecule has 0 bridgehead atoms. The van der Waals surface area contributed by atoms with E-state index in [1.165, 1.54) is 5.56 Å². The van der Waals surface area contributed by atoms with Crippen molar-refractivity contribution in [3.63, 3.8) is 0 Å². The summed E-state index contributed by atoms with van der Waals surface area (Å²) in [4.78, 5) is 17.8. The summed E-state index contributed by atoms with van der Waals surface area (Å²) >= 11 is 6.36. The predicted molar refractivity (Wildman–Crippen MR) is 125 cm³/mol. The van der Waals surface area contributed by atoms with E-state index in [0.717, 1.165) is 49.3 Å². The van der Waals surface area contributed by atoms with Crippen molar-refractivity contribution in [3.8, 4) is 0 Å². The highest BCUT2D eigenvalue weighted by atomic mass is 35.5. The molecule has 5 rings (SSSR count). The number of hydrogen-bond acceptors (Lipinski definition) is 2. The molecule has 1 saturated heterocycles. The van der Waals surface area contributed by atoms with Crippen molar-refractivity contribution in [1.82, 2.24) is 9.80 Å². The molecule has 2 aliphatic rings. The molecule has 0 aliphatic carbocycles. The lowest BCUT2D eigenvalue weighted by Gasteiger charge is -2.45. The van der Waals surface area contributed by atoms with E-state index in [2.05, 4.69) is 52.7 Å². The summed E-state index contributed by atoms with van der Waals surface area (Å²) in [5, 5.41) is 3.79. The van der Waals surface area contributed by atoms with Crippen molar-refractivity contribution in [3.05, 3.63) is 101 Å². The maximum Gasteiger partial charge on any atom is 0.322 e. The van der Waals surface area contributed by atoms with Gasteiger partial charge in [-0.2, -0.15) is 0 Å². The number of halogens is 1. The minimum absolute atomic E-state index is 0.0230. The molecule has 0 spiro atoms. The van der Waals surface area contributed by atoms with Crippen LogP contribution in [0.1, 0.15) is 35.6 Å². The molecule has 1 fully saturated rings. The lowest BCUT2D eigenvalue weighted by atomic mass is 9.90. The molecule has 2 amide bonds. The van der Waals surface area contributed by atoms with Gasteiger partial charge < -0.3 is 10.2 Å². The van der Waals surface area contributed by atoms with Crippen LogP contribution >= 0.6 is 11.6 Å². The Balaban J connectivity index is 1.40. The maximum atomic E-state index is 13.3. The molecule has 0 radical (unpaired) electrons. The summed E-state index contributed by atoms with van der Waals surface area (Å²) in [6.07, 6.45) is 1.92. The van der Waals surface area contributed by atoms with Crippen molar-refractivity contribution in [2.24, 2.45) is 0 Å². The number of benzene rings is 3. The maximum absolute atomic E-state index is 13.3. The fourth-order valence-corrected chi connectivity index (χ4v) is 5.05. The van der Waals surface area contributed by atoms with Crippen molar-refractivity contribution < 1.29 is 4.79 Å². The molecular formula is C26H26ClN3O. The van der Waals surface area contributed by atoms with Gasteiger partial charge in [0.25, 0.3) is 0 Å². The molecule has 1 N–H and O–H groups in total. The monoisotopic (exact) mass is 431 g/mol. The molecule has 5 heteroatoms. The standard InChI is InChI=1S/C26H26ClN3O/c27-21-11-12-24-23(17-21)25(20-9-5-2-6-10-20)30(26(31)28-24)22-13-15-29(16-14-22)18-19-7-3-1-4-8-19/h1-12,17,22,25H,13-16,18H2,(H,28,31). The molecular weight excluding hydrogens is 406 g/mol. The lowest BCUT2D eigenvalue weighted by Crippen LogP contribution is -2.52. The number of hydrogen-bond donors (Lipinski definition) is 1. The van der Waals surface area contributed by atoms with Gasteiger partial charge in [0.15, 0.2) is 0 Å². The van der Waals surface area contributed by atoms with Crippen molar-refractivity contribution >= 4 is 23.3 Å². The Morgan fingerprint density at radius 2 is 1.58 bits per heavy atom. The molecule has 3 aromatic rings. The highest BCUT2D eigenvalue weighted by Crippen LogP contribution is 2.41. The van der Waals surface area contributed by atoms with Crippen LogP contribution in [0.2, 0.25) is 5.02 Å². The van der Waals surface area contributed by atoms with Gasteiger partial charge in [-0.15, -0.1) is 0 Å². The fraction of sp³-hybridized carbons (Fsp3) is 0.269. The Hall–Kier alpha value is -2.82. The third-order valence-electron chi connectivity index (χ3n) is 6.38. The van der Waals surface area contributed by atoms with E-state index >= 15 is 0 Å². The first-order valence-corrected chi connectivity index (χ1v) is 11.3. The molecule has 158 valence electrons. The second kappa shape index (κ2) is 8.74. The molecule has 4 nitrogen and oxygen atoms in total. The minimum Gasteiger partial charge on any atom is -0.310 e. The normalized spacial score (nSPS) is 19.7. The van der Waals surface area contributed by atoms with Gasteiger partial charge >= 0.3 is 6.03 Å². The summed E-state index contributed by atoms with van der Waals surface area (Å²) in [5.74, 6) is 0. The van der Waals surface area contributed by atoms with Crippen LogP contribution in [0.15, 0.2) is 78.9 Å². The first-order valence-electron chi connectivity index (χ1n) is 10.9. The molecule has 2 aliphatic heterocycles. The summed E-state index contributed by atoms with van der Waals surface area (Å²) in [7, 11) is 0. The lowest BCUT2D eigenvalue weighted by molar-refractivity contribution is 0.106. The van der Waals surface area contributed by atoms with Crippen LogP contribution in [-0.2, 0) is 6.54 Å². The van der Waals surface area contributed by atoms with Gasteiger partial charge in [-0.3, -0.25) is 4.90 Å². The largest absolute Gasteiger partial charge is 0.322 e. The third-order valence-corrected chi connectivity index (χ3v) is 6.61. The van der Waals surface area contributed by atoms with Crippen LogP contribution in [0.25, 0.3) is 0 Å². The van der Waals surface area contributed by atoms with E-state index in [1.54, 1.807) is 0 Å². The SMILES string of the molecule is O=C1Nc2ccc(Cl)cc2C(c2ccccc2)N1C1CCN(Cc2ccccc2)CC1. The quantitative estimate of drug-likeness (QED) is 0.554. The highest BCUT2D eigenvalue weighted by molar-refractivity contribution is 6.30. The number of nitrogens with zero attached hydrogens (tertiary/aromatic N) is 2. The molecule has 3 aromatic carbocycles. The fourth-order valence-electron chi connectivity index (χ4n) is 4.87. The second-order valence-corrected chi connectivity index (χ2v) is 8.81. The third kappa shape index (κ3) is 4.18. The van der Waals surface area contributed by atoms with E-state index in [4.69, 9.17) is 11.6 Å². The number of fused-ring (bicyclic) bond motifs is 1. The van der Waals surface area contributed by atoms with Crippen molar-refractivity contribution in [2.45, 2.75) is 31.5 Å². The van der Waals surface area contributed by atoms with E-state index in [1.807, 2.05) is 41.3 Å². The molecule has 0 saturated carbocycles. The first-order chi connectivity index (χ1) is 15.2. The Labute approximate surface area is 188 Å². The van der Waals surface area contributed by atoms with Gasteiger partial charge in [-0.25, -0.2) is 4.79 Å². The van der Waals surface area contributed by atoms with Gasteiger partial charge in [0.2, 0.25) is 0 Å². The van der Waals surface area contributed by atoms with Gasteiger partial charge in [0.05, 0.1) is 6.04 Å². The van der Waals surface area contributed by atoms with Crippen LogP contribution < -0.4 is 5.32 Å². The van der Waals surface area contributed by atoms with E-state index in [9.17, 15) is 4.79 Å². The van der Waals surface area contributed by atoms with Crippen LogP contribution in [0.4, 0.5) is 10.5 Å². The van der Waals surface area contributed by atoms with Crippen LogP contribution in [0.3, 0.4) is 0 Å². The second-order valence-electron chi connectivity index (χ2n) is 8.38. The number of anilines is 1. The molecule has 1 unspecified atom stereocenters. The zero-order chi connectivity index (χ0) is 21.2. The van der Waals surface area contributed by atoms with Crippen molar-refractivity contribution in [1.29, 1.82) is 0 Å². The average Bonchev–Trinajstić information content (AvgIpc) is 2.80. The molecule has 0 aromatic heterocycles. The van der Waals surface area contributed by atoms with Crippen LogP contribution in [-0.4, -0.2) is 35.0 Å². The number of piperidine rings is 1. The number of carbonyl (C=O) groups is 1. The Morgan fingerprint density at radius 3 is 2.29 bits per heavy atom. The topological polar surface area (TPSA) is 35.6 Å². The summed E-state index contributed by atoms with van der Waals surface area (Å²) in [6, 6.07) is 26.6. The summed E-state index contributed by atoms with van der Waals surface area (Å²) in [5.41, 5.74) is 4.36. The zero-order valence-electron chi connectivity index (χ0n) is 17.4. The van der Waals surface area contributed by atoms with Crippen LogP contribution in [0.5, 0.6) is 0 Å². The number of urea groups is 1. The van der Waals surface area contributed by atoms with Gasteiger partial charge in [0, 0.05) is 41.9 Å². The van der Waals surface area contributed by atoms with Crippen LogP contribution in [0, 0.1) is 0 Å². The highest BCUT2D eigenvalue weighted by Gasteiger charge is 2.39. The Bertz CT molecular complexity index is 1050. The number of amides is 2. The Kier molecular flexibility index (Phi) is 5.66. The van der Waals surface area contributed by atoms with Crippen molar-refractivity contribution in [2.75, 3.05) is 18.4 Å². The van der Waals surface area contributed by atoms with Gasteiger partial charge in [0.1, 0.15) is 0 Å².